The van der Waals surface area contributed by atoms with Crippen LogP contribution in [-0.2, 0) is 11.2 Å². The van der Waals surface area contributed by atoms with E-state index in [0.29, 0.717) is 5.11 Å². The minimum Gasteiger partial charge on any atom is -0.382 e. The van der Waals surface area contributed by atoms with Gasteiger partial charge in [0.15, 0.2) is 5.11 Å². The summed E-state index contributed by atoms with van der Waals surface area (Å²) in [6, 6.07) is 4.03. The van der Waals surface area contributed by atoms with Crippen molar-refractivity contribution in [2.45, 2.75) is 19.8 Å². The maximum atomic E-state index is 5.24. The number of rotatable bonds is 8. The molecule has 0 radical (unpaired) electrons. The van der Waals surface area contributed by atoms with Crippen LogP contribution in [0.2, 0.25) is 0 Å². The summed E-state index contributed by atoms with van der Waals surface area (Å²) in [7, 11) is 0. The third-order valence-corrected chi connectivity index (χ3v) is 2.69. The Balaban J connectivity index is 2.00. The Labute approximate surface area is 114 Å². The molecular formula is C13H21N3OS. The monoisotopic (exact) mass is 267 g/mol. The van der Waals surface area contributed by atoms with Crippen LogP contribution in [0.1, 0.15) is 18.9 Å². The number of nitrogens with zero attached hydrogens (tertiary/aromatic N) is 1. The van der Waals surface area contributed by atoms with Crippen LogP contribution in [0.15, 0.2) is 24.5 Å². The van der Waals surface area contributed by atoms with Gasteiger partial charge in [0.1, 0.15) is 0 Å². The van der Waals surface area contributed by atoms with Gasteiger partial charge in [-0.05, 0) is 49.7 Å². The summed E-state index contributed by atoms with van der Waals surface area (Å²) in [4.78, 5) is 3.98. The first-order chi connectivity index (χ1) is 8.83. The van der Waals surface area contributed by atoms with E-state index in [0.717, 1.165) is 39.1 Å². The molecule has 5 heteroatoms. The smallest absolute Gasteiger partial charge is 0.166 e. The number of aromatic nitrogens is 1. The zero-order valence-corrected chi connectivity index (χ0v) is 11.6. The Morgan fingerprint density at radius 1 is 1.28 bits per heavy atom. The second-order valence-electron chi connectivity index (χ2n) is 3.84. The van der Waals surface area contributed by atoms with Crippen LogP contribution in [0, 0.1) is 0 Å². The Morgan fingerprint density at radius 2 is 2.00 bits per heavy atom. The molecule has 0 amide bonds. The molecule has 0 aliphatic rings. The number of thiocarbonyl (C=S) groups is 1. The van der Waals surface area contributed by atoms with Crippen LogP contribution >= 0.6 is 12.2 Å². The molecule has 2 N–H and O–H groups in total. The van der Waals surface area contributed by atoms with Gasteiger partial charge in [-0.2, -0.15) is 0 Å². The molecule has 0 aliphatic carbocycles. The third-order valence-electron chi connectivity index (χ3n) is 2.40. The SMILES string of the molecule is CCOCCCNC(=S)NCCc1ccncc1. The second kappa shape index (κ2) is 9.79. The van der Waals surface area contributed by atoms with Crippen LogP contribution in [0.5, 0.6) is 0 Å². The van der Waals surface area contributed by atoms with Crippen molar-refractivity contribution in [3.8, 4) is 0 Å². The molecule has 1 aromatic rings. The molecule has 0 atom stereocenters. The summed E-state index contributed by atoms with van der Waals surface area (Å²) in [5.41, 5.74) is 1.26. The Morgan fingerprint density at radius 3 is 2.72 bits per heavy atom. The maximum Gasteiger partial charge on any atom is 0.166 e. The van der Waals surface area contributed by atoms with E-state index < -0.39 is 0 Å². The fourth-order valence-corrected chi connectivity index (χ4v) is 1.66. The molecule has 0 saturated heterocycles. The van der Waals surface area contributed by atoms with Crippen molar-refractivity contribution in [1.29, 1.82) is 0 Å². The second-order valence-corrected chi connectivity index (χ2v) is 4.25. The Bertz CT molecular complexity index is 332. The molecule has 0 bridgehead atoms. The molecule has 1 rings (SSSR count). The highest BCUT2D eigenvalue weighted by atomic mass is 32.1. The number of nitrogens with one attached hydrogen (secondary N) is 2. The van der Waals surface area contributed by atoms with E-state index in [1.54, 1.807) is 12.4 Å². The van der Waals surface area contributed by atoms with Gasteiger partial charge in [0, 0.05) is 38.7 Å². The van der Waals surface area contributed by atoms with Crippen LogP contribution in [0.4, 0.5) is 0 Å². The van der Waals surface area contributed by atoms with E-state index in [-0.39, 0.29) is 0 Å². The first-order valence-corrected chi connectivity index (χ1v) is 6.72. The lowest BCUT2D eigenvalue weighted by molar-refractivity contribution is 0.145. The van der Waals surface area contributed by atoms with E-state index in [4.69, 9.17) is 17.0 Å². The fourth-order valence-electron chi connectivity index (χ4n) is 1.45. The summed E-state index contributed by atoms with van der Waals surface area (Å²) in [5.74, 6) is 0. The van der Waals surface area contributed by atoms with Crippen LogP contribution in [0.3, 0.4) is 0 Å². The predicted octanol–water partition coefficient (Wildman–Crippen LogP) is 1.51. The van der Waals surface area contributed by atoms with Crippen molar-refractivity contribution in [1.82, 2.24) is 15.6 Å². The molecule has 1 heterocycles. The summed E-state index contributed by atoms with van der Waals surface area (Å²) < 4.78 is 5.24. The normalized spacial score (nSPS) is 10.1. The molecule has 0 spiro atoms. The standard InChI is InChI=1S/C13H21N3OS/c1-2-17-11-3-7-15-13(18)16-10-6-12-4-8-14-9-5-12/h4-5,8-9H,2-3,6-7,10-11H2,1H3,(H2,15,16,18). The highest BCUT2D eigenvalue weighted by Gasteiger charge is 1.95. The number of hydrogen-bond acceptors (Lipinski definition) is 3. The summed E-state index contributed by atoms with van der Waals surface area (Å²) in [5, 5.41) is 7.05. The van der Waals surface area contributed by atoms with Gasteiger partial charge in [0.25, 0.3) is 0 Å². The van der Waals surface area contributed by atoms with Crippen molar-refractivity contribution in [3.63, 3.8) is 0 Å². The zero-order valence-electron chi connectivity index (χ0n) is 10.8. The van der Waals surface area contributed by atoms with Crippen LogP contribution in [-0.4, -0.2) is 36.4 Å². The summed E-state index contributed by atoms with van der Waals surface area (Å²) in [6.07, 6.45) is 5.53. The van der Waals surface area contributed by atoms with Crippen molar-refractivity contribution in [2.24, 2.45) is 0 Å². The van der Waals surface area contributed by atoms with Crippen molar-refractivity contribution in [3.05, 3.63) is 30.1 Å². The Kier molecular flexibility index (Phi) is 8.08. The van der Waals surface area contributed by atoms with Crippen molar-refractivity contribution < 1.29 is 4.74 Å². The lowest BCUT2D eigenvalue weighted by atomic mass is 10.2. The largest absolute Gasteiger partial charge is 0.382 e. The van der Waals surface area contributed by atoms with Crippen LogP contribution < -0.4 is 10.6 Å². The van der Waals surface area contributed by atoms with Gasteiger partial charge in [0.05, 0.1) is 0 Å². The van der Waals surface area contributed by atoms with Crippen LogP contribution in [0.25, 0.3) is 0 Å². The number of pyridine rings is 1. The molecule has 1 aromatic heterocycles. The van der Waals surface area contributed by atoms with Gasteiger partial charge >= 0.3 is 0 Å². The lowest BCUT2D eigenvalue weighted by Gasteiger charge is -2.10. The number of ether oxygens (including phenoxy) is 1. The molecule has 0 fully saturated rings. The minimum atomic E-state index is 0.709. The van der Waals surface area contributed by atoms with E-state index in [1.807, 2.05) is 19.1 Å². The first-order valence-electron chi connectivity index (χ1n) is 6.31. The molecule has 4 nitrogen and oxygen atoms in total. The first kappa shape index (κ1) is 14.9. The highest BCUT2D eigenvalue weighted by molar-refractivity contribution is 7.80. The van der Waals surface area contributed by atoms with Gasteiger partial charge < -0.3 is 15.4 Å². The molecule has 0 saturated carbocycles. The zero-order chi connectivity index (χ0) is 13.1. The average molecular weight is 267 g/mol. The molecule has 0 unspecified atom stereocenters. The van der Waals surface area contributed by atoms with Crippen molar-refractivity contribution >= 4 is 17.3 Å². The van der Waals surface area contributed by atoms with Gasteiger partial charge in [-0.1, -0.05) is 0 Å². The van der Waals surface area contributed by atoms with Gasteiger partial charge in [-0.25, -0.2) is 0 Å². The third kappa shape index (κ3) is 7.19. The molecule has 18 heavy (non-hydrogen) atoms. The van der Waals surface area contributed by atoms with Gasteiger partial charge in [-0.15, -0.1) is 0 Å². The molecule has 100 valence electrons. The number of hydrogen-bond donors (Lipinski definition) is 2. The van der Waals surface area contributed by atoms with Gasteiger partial charge in [-0.3, -0.25) is 4.98 Å². The minimum absolute atomic E-state index is 0.709. The summed E-state index contributed by atoms with van der Waals surface area (Å²) in [6.45, 7) is 5.23. The lowest BCUT2D eigenvalue weighted by Crippen LogP contribution is -2.37. The van der Waals surface area contributed by atoms with E-state index in [2.05, 4.69) is 15.6 Å². The quantitative estimate of drug-likeness (QED) is 0.552. The van der Waals surface area contributed by atoms with E-state index in [1.165, 1.54) is 5.56 Å². The molecular weight excluding hydrogens is 246 g/mol. The van der Waals surface area contributed by atoms with E-state index >= 15 is 0 Å². The highest BCUT2D eigenvalue weighted by Crippen LogP contribution is 1.95. The molecule has 0 aromatic carbocycles. The molecule has 0 aliphatic heterocycles. The average Bonchev–Trinajstić information content (AvgIpc) is 2.40. The summed E-state index contributed by atoms with van der Waals surface area (Å²) >= 11 is 5.17. The predicted molar refractivity (Wildman–Crippen MR) is 77.7 cm³/mol. The Hall–Kier alpha value is -1.20. The van der Waals surface area contributed by atoms with E-state index in [9.17, 15) is 0 Å². The topological polar surface area (TPSA) is 46.2 Å². The van der Waals surface area contributed by atoms with Gasteiger partial charge in [0.2, 0.25) is 0 Å². The van der Waals surface area contributed by atoms with Crippen molar-refractivity contribution in [2.75, 3.05) is 26.3 Å². The fraction of sp³-hybridized carbons (Fsp3) is 0.538. The maximum absolute atomic E-state index is 5.24.